The average molecular weight is 218 g/mol. The summed E-state index contributed by atoms with van der Waals surface area (Å²) < 4.78 is 6.60. The van der Waals surface area contributed by atoms with Gasteiger partial charge in [-0.1, -0.05) is 13.0 Å². The largest absolute Gasteiger partial charge is 0.364 e. The van der Waals surface area contributed by atoms with Crippen molar-refractivity contribution >= 4 is 0 Å². The molecule has 0 amide bonds. The monoisotopic (exact) mass is 218 g/mol. The summed E-state index contributed by atoms with van der Waals surface area (Å²) >= 11 is 0. The van der Waals surface area contributed by atoms with Crippen molar-refractivity contribution in [2.24, 2.45) is 23.2 Å². The normalized spacial score (nSPS) is 60.2. The van der Waals surface area contributed by atoms with Crippen molar-refractivity contribution in [2.75, 3.05) is 0 Å². The lowest BCUT2D eigenvalue weighted by atomic mass is 9.45. The van der Waals surface area contributed by atoms with Gasteiger partial charge in [0.2, 0.25) is 0 Å². The summed E-state index contributed by atoms with van der Waals surface area (Å²) in [5, 5.41) is 0. The maximum absolute atomic E-state index is 6.60. The van der Waals surface area contributed by atoms with Gasteiger partial charge in [0, 0.05) is 11.8 Å². The number of hydrogen-bond acceptors (Lipinski definition) is 1. The molecule has 1 saturated heterocycles. The molecule has 88 valence electrons. The molecule has 1 heterocycles. The molecule has 2 saturated carbocycles. The van der Waals surface area contributed by atoms with E-state index in [0.29, 0.717) is 5.41 Å². The van der Waals surface area contributed by atoms with Gasteiger partial charge >= 0.3 is 0 Å². The maximum atomic E-state index is 6.60. The third kappa shape index (κ3) is 0.687. The second-order valence-corrected chi connectivity index (χ2v) is 7.30. The zero-order chi connectivity index (χ0) is 11.3. The number of allylic oxidation sites excluding steroid dienone is 1. The highest BCUT2D eigenvalue weighted by Gasteiger charge is 2.80. The summed E-state index contributed by atoms with van der Waals surface area (Å²) in [6, 6.07) is 0. The highest BCUT2D eigenvalue weighted by atomic mass is 16.5. The summed E-state index contributed by atoms with van der Waals surface area (Å²) in [7, 11) is 0. The summed E-state index contributed by atoms with van der Waals surface area (Å²) in [5.74, 6) is 2.41. The fraction of sp³-hybridized carbons (Fsp3) is 0.867. The van der Waals surface area contributed by atoms with Gasteiger partial charge in [-0.3, -0.25) is 0 Å². The van der Waals surface area contributed by atoms with E-state index in [1.54, 1.807) is 0 Å². The lowest BCUT2D eigenvalue weighted by Gasteiger charge is -2.61. The highest BCUT2D eigenvalue weighted by molar-refractivity contribution is 5.41. The zero-order valence-corrected chi connectivity index (χ0v) is 10.8. The van der Waals surface area contributed by atoms with E-state index < -0.39 is 0 Å². The smallest absolute Gasteiger partial charge is 0.0969 e. The molecule has 0 aromatic rings. The van der Waals surface area contributed by atoms with Crippen LogP contribution in [0, 0.1) is 23.2 Å². The quantitative estimate of drug-likeness (QED) is 0.565. The molecule has 0 aromatic heterocycles. The number of hydrogen-bond donors (Lipinski definition) is 0. The predicted molar refractivity (Wildman–Crippen MR) is 64.1 cm³/mol. The van der Waals surface area contributed by atoms with E-state index in [1.165, 1.54) is 24.8 Å². The molecule has 4 rings (SSSR count). The Hall–Kier alpha value is -0.300. The fourth-order valence-electron chi connectivity index (χ4n) is 5.93. The lowest BCUT2D eigenvalue weighted by molar-refractivity contribution is -0.212. The van der Waals surface area contributed by atoms with Gasteiger partial charge in [0.25, 0.3) is 0 Å². The summed E-state index contributed by atoms with van der Waals surface area (Å²) in [6.07, 6.45) is 6.54. The first-order valence-electron chi connectivity index (χ1n) is 6.80. The SMILES string of the molecule is CC1=CC[C@H]2[C@]3(C)CC[C@@H]4[C@@H]3[C@@]12OC4(C)C. The Morgan fingerprint density at radius 3 is 2.81 bits per heavy atom. The van der Waals surface area contributed by atoms with Gasteiger partial charge in [-0.05, 0) is 56.9 Å². The van der Waals surface area contributed by atoms with Crippen LogP contribution in [0.4, 0.5) is 0 Å². The Labute approximate surface area is 98.2 Å². The summed E-state index contributed by atoms with van der Waals surface area (Å²) in [5.41, 5.74) is 2.40. The highest BCUT2D eigenvalue weighted by Crippen LogP contribution is 2.79. The van der Waals surface area contributed by atoms with Crippen molar-refractivity contribution in [3.05, 3.63) is 11.6 Å². The van der Waals surface area contributed by atoms with Crippen molar-refractivity contribution in [2.45, 2.75) is 58.2 Å². The van der Waals surface area contributed by atoms with Crippen LogP contribution >= 0.6 is 0 Å². The first-order chi connectivity index (χ1) is 7.43. The fourth-order valence-corrected chi connectivity index (χ4v) is 5.93. The molecule has 3 aliphatic carbocycles. The van der Waals surface area contributed by atoms with E-state index >= 15 is 0 Å². The number of ether oxygens (including phenoxy) is 1. The molecule has 1 spiro atoms. The van der Waals surface area contributed by atoms with Gasteiger partial charge in [-0.15, -0.1) is 0 Å². The molecule has 3 fully saturated rings. The average Bonchev–Trinajstić information content (AvgIpc) is 2.71. The van der Waals surface area contributed by atoms with E-state index in [1.807, 2.05) is 0 Å². The Morgan fingerprint density at radius 1 is 1.31 bits per heavy atom. The van der Waals surface area contributed by atoms with Gasteiger partial charge in [0.05, 0.1) is 11.2 Å². The molecule has 0 unspecified atom stereocenters. The molecule has 1 nitrogen and oxygen atoms in total. The molecular weight excluding hydrogens is 196 g/mol. The minimum atomic E-state index is 0.108. The zero-order valence-electron chi connectivity index (χ0n) is 10.8. The molecule has 0 N–H and O–H groups in total. The second-order valence-electron chi connectivity index (χ2n) is 7.30. The number of fused-ring (bicyclic) bond motifs is 1. The minimum absolute atomic E-state index is 0.108. The second kappa shape index (κ2) is 2.29. The van der Waals surface area contributed by atoms with Gasteiger partial charge < -0.3 is 4.74 Å². The van der Waals surface area contributed by atoms with Crippen molar-refractivity contribution in [3.8, 4) is 0 Å². The molecule has 5 atom stereocenters. The van der Waals surface area contributed by atoms with Crippen LogP contribution < -0.4 is 0 Å². The van der Waals surface area contributed by atoms with Crippen molar-refractivity contribution < 1.29 is 4.74 Å². The Kier molecular flexibility index (Phi) is 1.39. The molecule has 1 aliphatic heterocycles. The predicted octanol–water partition coefficient (Wildman–Crippen LogP) is 3.55. The molecule has 0 aromatic carbocycles. The standard InChI is InChI=1S/C15H22O/c1-9-5-6-11-14(4)8-7-10-12(14)15(9,11)16-13(10,2)3/h5,10-12H,6-8H2,1-4H3/t10-,11+,12+,14+,15-/m1/s1. The van der Waals surface area contributed by atoms with Crippen LogP contribution in [-0.2, 0) is 4.74 Å². The van der Waals surface area contributed by atoms with Crippen LogP contribution in [0.1, 0.15) is 47.0 Å². The van der Waals surface area contributed by atoms with Gasteiger partial charge in [-0.25, -0.2) is 0 Å². The first kappa shape index (κ1) is 9.70. The molecular formula is C15H22O. The molecule has 16 heavy (non-hydrogen) atoms. The van der Waals surface area contributed by atoms with Gasteiger partial charge in [-0.2, -0.15) is 0 Å². The summed E-state index contributed by atoms with van der Waals surface area (Å²) in [4.78, 5) is 0. The first-order valence-corrected chi connectivity index (χ1v) is 6.80. The summed E-state index contributed by atoms with van der Waals surface area (Å²) in [6.45, 7) is 9.46. The Bertz CT molecular complexity index is 408. The third-order valence-corrected chi connectivity index (χ3v) is 6.48. The third-order valence-electron chi connectivity index (χ3n) is 6.48. The van der Waals surface area contributed by atoms with Crippen LogP contribution in [0.15, 0.2) is 11.6 Å². The van der Waals surface area contributed by atoms with Crippen LogP contribution in [0.3, 0.4) is 0 Å². The van der Waals surface area contributed by atoms with Crippen LogP contribution in [0.25, 0.3) is 0 Å². The molecule has 1 heteroatoms. The van der Waals surface area contributed by atoms with E-state index in [-0.39, 0.29) is 11.2 Å². The van der Waals surface area contributed by atoms with E-state index in [4.69, 9.17) is 4.74 Å². The molecule has 0 radical (unpaired) electrons. The van der Waals surface area contributed by atoms with Crippen molar-refractivity contribution in [1.82, 2.24) is 0 Å². The number of rotatable bonds is 0. The van der Waals surface area contributed by atoms with Crippen molar-refractivity contribution in [3.63, 3.8) is 0 Å². The Balaban J connectivity index is 1.91. The van der Waals surface area contributed by atoms with Crippen molar-refractivity contribution in [1.29, 1.82) is 0 Å². The van der Waals surface area contributed by atoms with Crippen LogP contribution in [0.5, 0.6) is 0 Å². The maximum Gasteiger partial charge on any atom is 0.0969 e. The Morgan fingerprint density at radius 2 is 2.06 bits per heavy atom. The van der Waals surface area contributed by atoms with Gasteiger partial charge in [0.1, 0.15) is 0 Å². The van der Waals surface area contributed by atoms with E-state index in [9.17, 15) is 0 Å². The van der Waals surface area contributed by atoms with Crippen LogP contribution in [-0.4, -0.2) is 11.2 Å². The topological polar surface area (TPSA) is 9.23 Å². The molecule has 4 aliphatic rings. The van der Waals surface area contributed by atoms with Gasteiger partial charge in [0.15, 0.2) is 0 Å². The van der Waals surface area contributed by atoms with Crippen LogP contribution in [0.2, 0.25) is 0 Å². The lowest BCUT2D eigenvalue weighted by Crippen LogP contribution is -2.64. The van der Waals surface area contributed by atoms with E-state index in [2.05, 4.69) is 33.8 Å². The van der Waals surface area contributed by atoms with E-state index in [0.717, 1.165) is 17.8 Å². The minimum Gasteiger partial charge on any atom is -0.364 e. The molecule has 0 bridgehead atoms.